The first-order chi connectivity index (χ1) is 15.7. The number of allylic oxidation sites excluding steroid dienone is 4. The number of unbranched alkanes of at least 4 members (excludes halogenated alkanes) is 10. The normalized spacial score (nSPS) is 11.2. The zero-order valence-electron chi connectivity index (χ0n) is 20.7. The maximum atomic E-state index is 10.3. The van der Waals surface area contributed by atoms with Crippen molar-refractivity contribution in [2.75, 3.05) is 0 Å². The average Bonchev–Trinajstić information content (AvgIpc) is 2.84. The van der Waals surface area contributed by atoms with Gasteiger partial charge in [-0.1, -0.05) is 101 Å². The van der Waals surface area contributed by atoms with Crippen LogP contribution in [0.25, 0.3) is 0 Å². The molecule has 3 nitrogen and oxygen atoms in total. The van der Waals surface area contributed by atoms with E-state index in [0.29, 0.717) is 0 Å². The summed E-state index contributed by atoms with van der Waals surface area (Å²) in [6.07, 6.45) is 24.9. The molecule has 0 aromatic heterocycles. The topological polar surface area (TPSA) is 51.2 Å². The number of carbonyl (C=O) groups excluding carboxylic acids is 3. The molecule has 0 aliphatic carbocycles. The van der Waals surface area contributed by atoms with Crippen molar-refractivity contribution in [1.82, 2.24) is 0 Å². The summed E-state index contributed by atoms with van der Waals surface area (Å²) < 4.78 is 0. The summed E-state index contributed by atoms with van der Waals surface area (Å²) in [5.74, 6) is 0.0289. The summed E-state index contributed by atoms with van der Waals surface area (Å²) >= 11 is 0. The van der Waals surface area contributed by atoms with Gasteiger partial charge in [0.05, 0.1) is 0 Å². The highest BCUT2D eigenvalue weighted by atomic mass is 16.1. The molecule has 1 rings (SSSR count). The third-order valence-corrected chi connectivity index (χ3v) is 4.90. The Morgan fingerprint density at radius 3 is 1.84 bits per heavy atom. The Balaban J connectivity index is 0. The molecule has 0 N–H and O–H groups in total. The Morgan fingerprint density at radius 2 is 1.31 bits per heavy atom. The fraction of sp³-hybridized carbons (Fsp3) is 0.552. The second-order valence-electron chi connectivity index (χ2n) is 7.83. The molecule has 3 heteroatoms. The fourth-order valence-electron chi connectivity index (χ4n) is 2.86. The van der Waals surface area contributed by atoms with E-state index in [9.17, 15) is 14.4 Å². The van der Waals surface area contributed by atoms with Gasteiger partial charge in [-0.15, -0.1) is 0 Å². The van der Waals surface area contributed by atoms with Crippen LogP contribution in [0, 0.1) is 0 Å². The van der Waals surface area contributed by atoms with Gasteiger partial charge in [0.25, 0.3) is 0 Å². The standard InChI is InChI=1S/C11H20O.C9H10O.C9H16O/c1-2-3-4-5-6-7-8-9-10-11-12;1-8(7-10)9-5-3-2-4-6-9;1-2-3-4-5-6-7-8-9-10/h2-3,11H,4-10H2,1H3;2-8H,1H3;7-9H,2-6H2,1H3/b3-2+;;8-7+. The minimum atomic E-state index is 0.0289. The zero-order chi connectivity index (χ0) is 24.1. The lowest BCUT2D eigenvalue weighted by atomic mass is 10.0. The van der Waals surface area contributed by atoms with Crippen LogP contribution in [0.4, 0.5) is 0 Å². The van der Waals surface area contributed by atoms with E-state index in [1.54, 1.807) is 6.08 Å². The predicted molar refractivity (Wildman–Crippen MR) is 138 cm³/mol. The van der Waals surface area contributed by atoms with Gasteiger partial charge in [0.2, 0.25) is 0 Å². The van der Waals surface area contributed by atoms with E-state index in [4.69, 9.17) is 0 Å². The molecular formula is C29H46O3. The minimum absolute atomic E-state index is 0.0289. The van der Waals surface area contributed by atoms with Crippen LogP contribution in [0.2, 0.25) is 0 Å². The number of rotatable bonds is 16. The Morgan fingerprint density at radius 1 is 0.750 bits per heavy atom. The van der Waals surface area contributed by atoms with Crippen molar-refractivity contribution in [3.05, 3.63) is 60.2 Å². The van der Waals surface area contributed by atoms with Gasteiger partial charge in [-0.3, -0.25) is 4.79 Å². The molecule has 1 aromatic rings. The molecule has 1 unspecified atom stereocenters. The van der Waals surface area contributed by atoms with Crippen LogP contribution < -0.4 is 0 Å². The van der Waals surface area contributed by atoms with E-state index < -0.39 is 0 Å². The fourth-order valence-corrected chi connectivity index (χ4v) is 2.86. The second-order valence-corrected chi connectivity index (χ2v) is 7.83. The number of benzene rings is 1. The summed E-state index contributed by atoms with van der Waals surface area (Å²) in [6, 6.07) is 9.74. The lowest BCUT2D eigenvalue weighted by Gasteiger charge is -2.00. The summed E-state index contributed by atoms with van der Waals surface area (Å²) in [5.41, 5.74) is 1.08. The van der Waals surface area contributed by atoms with E-state index in [1.807, 2.05) is 43.3 Å². The summed E-state index contributed by atoms with van der Waals surface area (Å²) in [7, 11) is 0. The van der Waals surface area contributed by atoms with Crippen LogP contribution in [0.5, 0.6) is 0 Å². The quantitative estimate of drug-likeness (QED) is 0.112. The molecule has 0 aliphatic heterocycles. The zero-order valence-corrected chi connectivity index (χ0v) is 20.7. The maximum absolute atomic E-state index is 10.3. The smallest absolute Gasteiger partial charge is 0.142 e. The van der Waals surface area contributed by atoms with Crippen molar-refractivity contribution in [3.63, 3.8) is 0 Å². The number of carbonyl (C=O) groups is 3. The molecule has 0 bridgehead atoms. The predicted octanol–water partition coefficient (Wildman–Crippen LogP) is 8.19. The van der Waals surface area contributed by atoms with Gasteiger partial charge in [-0.2, -0.15) is 0 Å². The second kappa shape index (κ2) is 28.7. The molecule has 32 heavy (non-hydrogen) atoms. The van der Waals surface area contributed by atoms with Crippen molar-refractivity contribution in [2.45, 2.75) is 104 Å². The van der Waals surface area contributed by atoms with Gasteiger partial charge in [0.1, 0.15) is 18.9 Å². The van der Waals surface area contributed by atoms with Gasteiger partial charge in [0, 0.05) is 12.3 Å². The molecule has 0 amide bonds. The Hall–Kier alpha value is -2.29. The van der Waals surface area contributed by atoms with E-state index in [1.165, 1.54) is 57.8 Å². The van der Waals surface area contributed by atoms with Crippen LogP contribution in [-0.4, -0.2) is 18.9 Å². The first-order valence-corrected chi connectivity index (χ1v) is 12.3. The summed E-state index contributed by atoms with van der Waals surface area (Å²) in [4.78, 5) is 30.1. The van der Waals surface area contributed by atoms with Crippen LogP contribution >= 0.6 is 0 Å². The lowest BCUT2D eigenvalue weighted by Crippen LogP contribution is -1.92. The lowest BCUT2D eigenvalue weighted by molar-refractivity contribution is -0.109. The van der Waals surface area contributed by atoms with E-state index in [2.05, 4.69) is 26.0 Å². The van der Waals surface area contributed by atoms with Crippen LogP contribution in [0.3, 0.4) is 0 Å². The number of hydrogen-bond acceptors (Lipinski definition) is 3. The molecule has 180 valence electrons. The monoisotopic (exact) mass is 442 g/mol. The number of aldehydes is 3. The largest absolute Gasteiger partial charge is 0.303 e. The van der Waals surface area contributed by atoms with Crippen molar-refractivity contribution >= 4 is 18.9 Å². The Bertz CT molecular complexity index is 575. The van der Waals surface area contributed by atoms with Gasteiger partial charge in [-0.05, 0) is 50.7 Å². The molecule has 0 aliphatic rings. The molecule has 0 saturated carbocycles. The molecule has 0 fully saturated rings. The third kappa shape index (κ3) is 25.7. The first-order valence-electron chi connectivity index (χ1n) is 12.3. The minimum Gasteiger partial charge on any atom is -0.303 e. The van der Waals surface area contributed by atoms with E-state index >= 15 is 0 Å². The van der Waals surface area contributed by atoms with Gasteiger partial charge >= 0.3 is 0 Å². The van der Waals surface area contributed by atoms with Crippen molar-refractivity contribution in [2.24, 2.45) is 0 Å². The van der Waals surface area contributed by atoms with Gasteiger partial charge in [-0.25, -0.2) is 0 Å². The average molecular weight is 443 g/mol. The van der Waals surface area contributed by atoms with Crippen LogP contribution in [0.1, 0.15) is 109 Å². The highest BCUT2D eigenvalue weighted by Gasteiger charge is 1.99. The first kappa shape index (κ1) is 31.9. The molecule has 1 atom stereocenters. The Labute approximate surface area is 197 Å². The van der Waals surface area contributed by atoms with Crippen molar-refractivity contribution < 1.29 is 14.4 Å². The molecule has 0 radical (unpaired) electrons. The number of hydrogen-bond donors (Lipinski definition) is 0. The maximum Gasteiger partial charge on any atom is 0.142 e. The summed E-state index contributed by atoms with van der Waals surface area (Å²) in [6.45, 7) is 6.15. The molecule has 0 heterocycles. The van der Waals surface area contributed by atoms with E-state index in [0.717, 1.165) is 43.7 Å². The highest BCUT2D eigenvalue weighted by Crippen LogP contribution is 2.10. The van der Waals surface area contributed by atoms with Crippen LogP contribution in [0.15, 0.2) is 54.6 Å². The van der Waals surface area contributed by atoms with Crippen molar-refractivity contribution in [3.8, 4) is 0 Å². The molecule has 0 spiro atoms. The third-order valence-electron chi connectivity index (χ3n) is 4.90. The van der Waals surface area contributed by atoms with E-state index in [-0.39, 0.29) is 5.92 Å². The van der Waals surface area contributed by atoms with Crippen LogP contribution in [-0.2, 0) is 14.4 Å². The SMILES string of the molecule is C/C=C/CCCCCCCC=O.CC(C=O)c1ccccc1.CCCCCC/C=C/C=O. The van der Waals surface area contributed by atoms with Gasteiger partial charge in [0.15, 0.2) is 0 Å². The molecule has 1 aromatic carbocycles. The highest BCUT2D eigenvalue weighted by molar-refractivity contribution is 5.64. The Kier molecular flexibility index (Phi) is 28.6. The van der Waals surface area contributed by atoms with Gasteiger partial charge < -0.3 is 9.59 Å². The van der Waals surface area contributed by atoms with Crippen molar-refractivity contribution in [1.29, 1.82) is 0 Å². The molecule has 0 saturated heterocycles. The molecular weight excluding hydrogens is 396 g/mol. The summed E-state index contributed by atoms with van der Waals surface area (Å²) in [5, 5.41) is 0.